The van der Waals surface area contributed by atoms with Gasteiger partial charge >= 0.3 is 0 Å². The molecule has 1 aliphatic rings. The van der Waals surface area contributed by atoms with Crippen LogP contribution in [-0.2, 0) is 16.1 Å². The molecule has 1 aliphatic heterocycles. The Labute approximate surface area is 127 Å². The van der Waals surface area contributed by atoms with Crippen LogP contribution < -0.4 is 9.80 Å². The summed E-state index contributed by atoms with van der Waals surface area (Å²) in [6.07, 6.45) is 1.58. The number of nitrogens with zero attached hydrogens (tertiary/aromatic N) is 3. The van der Waals surface area contributed by atoms with Gasteiger partial charge in [0.1, 0.15) is 12.4 Å². The largest absolute Gasteiger partial charge is 0.300 e. The summed E-state index contributed by atoms with van der Waals surface area (Å²) in [4.78, 5) is 31.2. The molecule has 0 aliphatic carbocycles. The molecule has 0 saturated heterocycles. The summed E-state index contributed by atoms with van der Waals surface area (Å²) in [5, 5.41) is 0. The van der Waals surface area contributed by atoms with Gasteiger partial charge in [0.05, 0.1) is 12.2 Å². The van der Waals surface area contributed by atoms with Crippen LogP contribution in [0.15, 0.2) is 42.6 Å². The number of fused-ring (bicyclic) bond motifs is 1. The number of carbonyl (C=O) groups excluding carboxylic acids is 2. The average molecular weight is 299 g/mol. The van der Waals surface area contributed by atoms with Gasteiger partial charge in [0.2, 0.25) is 11.8 Å². The summed E-state index contributed by atoms with van der Waals surface area (Å²) in [5.74, 6) is -0.303. The van der Waals surface area contributed by atoms with E-state index >= 15 is 0 Å². The molecule has 0 saturated carbocycles. The Kier molecular flexibility index (Phi) is 3.58. The topological polar surface area (TPSA) is 53.5 Å². The van der Waals surface area contributed by atoms with Crippen molar-refractivity contribution in [1.82, 2.24) is 4.98 Å². The summed E-state index contributed by atoms with van der Waals surface area (Å²) in [5.41, 5.74) is 1.40. The number of halogens is 1. The SMILES string of the molecule is CC(=O)N1CC(=O)N(Cc2ccc(F)cc2)c2ncccc21. The van der Waals surface area contributed by atoms with Gasteiger partial charge in [0.15, 0.2) is 5.82 Å². The Balaban J connectivity index is 1.97. The van der Waals surface area contributed by atoms with Gasteiger partial charge in [-0.15, -0.1) is 0 Å². The molecule has 0 bridgehead atoms. The fraction of sp³-hybridized carbons (Fsp3) is 0.188. The van der Waals surface area contributed by atoms with Crippen molar-refractivity contribution in [2.75, 3.05) is 16.3 Å². The predicted molar refractivity (Wildman–Crippen MR) is 79.9 cm³/mol. The normalized spacial score (nSPS) is 14.0. The van der Waals surface area contributed by atoms with Crippen LogP contribution in [0.25, 0.3) is 0 Å². The molecule has 0 spiro atoms. The lowest BCUT2D eigenvalue weighted by molar-refractivity contribution is -0.122. The molecule has 0 fully saturated rings. The second-order valence-electron chi connectivity index (χ2n) is 5.06. The minimum Gasteiger partial charge on any atom is -0.300 e. The molecule has 6 heteroatoms. The Bertz CT molecular complexity index is 730. The van der Waals surface area contributed by atoms with Crippen LogP contribution in [0, 0.1) is 5.82 Å². The van der Waals surface area contributed by atoms with Gasteiger partial charge in [-0.2, -0.15) is 0 Å². The molecule has 0 unspecified atom stereocenters. The summed E-state index contributed by atoms with van der Waals surface area (Å²) in [6, 6.07) is 9.44. The number of aromatic nitrogens is 1. The van der Waals surface area contributed by atoms with Crippen LogP contribution in [0.5, 0.6) is 0 Å². The van der Waals surface area contributed by atoms with E-state index in [4.69, 9.17) is 0 Å². The highest BCUT2D eigenvalue weighted by molar-refractivity contribution is 6.09. The van der Waals surface area contributed by atoms with E-state index in [2.05, 4.69) is 4.98 Å². The highest BCUT2D eigenvalue weighted by atomic mass is 19.1. The summed E-state index contributed by atoms with van der Waals surface area (Å²) >= 11 is 0. The number of hydrogen-bond donors (Lipinski definition) is 0. The number of pyridine rings is 1. The fourth-order valence-corrected chi connectivity index (χ4v) is 2.45. The lowest BCUT2D eigenvalue weighted by Crippen LogP contribution is -2.47. The van der Waals surface area contributed by atoms with E-state index in [0.717, 1.165) is 5.56 Å². The van der Waals surface area contributed by atoms with E-state index < -0.39 is 0 Å². The number of anilines is 2. The molecule has 5 nitrogen and oxygen atoms in total. The third kappa shape index (κ3) is 2.55. The minimum absolute atomic E-state index is 0.0186. The van der Waals surface area contributed by atoms with Crippen molar-refractivity contribution in [3.8, 4) is 0 Å². The zero-order valence-corrected chi connectivity index (χ0v) is 12.0. The van der Waals surface area contributed by atoms with Gasteiger partial charge in [0.25, 0.3) is 0 Å². The van der Waals surface area contributed by atoms with E-state index in [9.17, 15) is 14.0 Å². The number of amides is 2. The maximum atomic E-state index is 13.0. The zero-order valence-electron chi connectivity index (χ0n) is 12.0. The molecule has 0 radical (unpaired) electrons. The van der Waals surface area contributed by atoms with E-state index in [1.807, 2.05) is 0 Å². The van der Waals surface area contributed by atoms with E-state index in [1.165, 1.54) is 28.9 Å². The summed E-state index contributed by atoms with van der Waals surface area (Å²) < 4.78 is 13.0. The maximum absolute atomic E-state index is 13.0. The number of rotatable bonds is 2. The van der Waals surface area contributed by atoms with Crippen LogP contribution in [0.1, 0.15) is 12.5 Å². The second kappa shape index (κ2) is 5.55. The quantitative estimate of drug-likeness (QED) is 0.853. The first-order chi connectivity index (χ1) is 10.6. The third-order valence-corrected chi connectivity index (χ3v) is 3.54. The predicted octanol–water partition coefficient (Wildman–Crippen LogP) is 2.12. The highest BCUT2D eigenvalue weighted by Gasteiger charge is 2.32. The van der Waals surface area contributed by atoms with Gasteiger partial charge in [-0.1, -0.05) is 12.1 Å². The van der Waals surface area contributed by atoms with Crippen molar-refractivity contribution in [3.63, 3.8) is 0 Å². The maximum Gasteiger partial charge on any atom is 0.248 e. The molecule has 22 heavy (non-hydrogen) atoms. The van der Waals surface area contributed by atoms with E-state index in [0.29, 0.717) is 11.5 Å². The van der Waals surface area contributed by atoms with Crippen LogP contribution >= 0.6 is 0 Å². The first kappa shape index (κ1) is 14.2. The van der Waals surface area contributed by atoms with Gasteiger partial charge in [-0.3, -0.25) is 19.4 Å². The first-order valence-electron chi connectivity index (χ1n) is 6.84. The Morgan fingerprint density at radius 3 is 2.68 bits per heavy atom. The smallest absolute Gasteiger partial charge is 0.248 e. The van der Waals surface area contributed by atoms with Crippen molar-refractivity contribution >= 4 is 23.3 Å². The Morgan fingerprint density at radius 2 is 2.00 bits per heavy atom. The van der Waals surface area contributed by atoms with Gasteiger partial charge in [-0.05, 0) is 29.8 Å². The number of hydrogen-bond acceptors (Lipinski definition) is 3. The van der Waals surface area contributed by atoms with Crippen LogP contribution in [0.2, 0.25) is 0 Å². The molecule has 2 heterocycles. The number of carbonyl (C=O) groups is 2. The van der Waals surface area contributed by atoms with Crippen molar-refractivity contribution in [2.24, 2.45) is 0 Å². The van der Waals surface area contributed by atoms with Gasteiger partial charge in [0, 0.05) is 13.1 Å². The Morgan fingerprint density at radius 1 is 1.27 bits per heavy atom. The molecular weight excluding hydrogens is 285 g/mol. The summed E-state index contributed by atoms with van der Waals surface area (Å²) in [6.45, 7) is 1.68. The molecular formula is C16H14FN3O2. The monoisotopic (exact) mass is 299 g/mol. The van der Waals surface area contributed by atoms with Crippen molar-refractivity contribution in [3.05, 3.63) is 54.0 Å². The van der Waals surface area contributed by atoms with Crippen LogP contribution in [0.3, 0.4) is 0 Å². The van der Waals surface area contributed by atoms with Crippen LogP contribution in [0.4, 0.5) is 15.9 Å². The molecule has 2 amide bonds. The van der Waals surface area contributed by atoms with Crippen molar-refractivity contribution in [2.45, 2.75) is 13.5 Å². The average Bonchev–Trinajstić information content (AvgIpc) is 2.51. The lowest BCUT2D eigenvalue weighted by atomic mass is 10.1. The zero-order chi connectivity index (χ0) is 15.7. The molecule has 0 atom stereocenters. The van der Waals surface area contributed by atoms with E-state index in [-0.39, 0.29) is 30.7 Å². The second-order valence-corrected chi connectivity index (χ2v) is 5.06. The molecule has 112 valence electrons. The summed E-state index contributed by atoms with van der Waals surface area (Å²) in [7, 11) is 0. The van der Waals surface area contributed by atoms with Crippen molar-refractivity contribution < 1.29 is 14.0 Å². The Hall–Kier alpha value is -2.76. The van der Waals surface area contributed by atoms with Gasteiger partial charge in [-0.25, -0.2) is 9.37 Å². The van der Waals surface area contributed by atoms with Crippen LogP contribution in [-0.4, -0.2) is 23.3 Å². The molecule has 1 aromatic carbocycles. The van der Waals surface area contributed by atoms with E-state index in [1.54, 1.807) is 30.5 Å². The van der Waals surface area contributed by atoms with Crippen molar-refractivity contribution in [1.29, 1.82) is 0 Å². The first-order valence-corrected chi connectivity index (χ1v) is 6.84. The third-order valence-electron chi connectivity index (χ3n) is 3.54. The lowest BCUT2D eigenvalue weighted by Gasteiger charge is -2.34. The standard InChI is InChI=1S/C16H14FN3O2/c1-11(21)19-10-15(22)20(16-14(19)3-2-8-18-16)9-12-4-6-13(17)7-5-12/h2-8H,9-10H2,1H3. The molecule has 1 aromatic heterocycles. The highest BCUT2D eigenvalue weighted by Crippen LogP contribution is 2.32. The molecule has 3 rings (SSSR count). The molecule has 2 aromatic rings. The number of benzene rings is 1. The van der Waals surface area contributed by atoms with Gasteiger partial charge < -0.3 is 0 Å². The molecule has 0 N–H and O–H groups in total. The fourth-order valence-electron chi connectivity index (χ4n) is 2.45. The minimum atomic E-state index is -0.324.